The molecule has 0 saturated heterocycles. The monoisotopic (exact) mass is 286 g/mol. The fraction of sp³-hybridized carbons (Fsp3) is 0.417. The molecule has 6 nitrogen and oxygen atoms in total. The Labute approximate surface area is 112 Å². The Morgan fingerprint density at radius 3 is 2.55 bits per heavy atom. The third-order valence-corrected chi connectivity index (χ3v) is 3.24. The molecular formula is C12H12F2N2O4. The summed E-state index contributed by atoms with van der Waals surface area (Å²) < 4.78 is 26.1. The van der Waals surface area contributed by atoms with Crippen LogP contribution in [0.1, 0.15) is 23.2 Å². The van der Waals surface area contributed by atoms with Gasteiger partial charge >= 0.3 is 0 Å². The lowest BCUT2D eigenvalue weighted by Crippen LogP contribution is -2.38. The Bertz CT molecular complexity index is 559. The van der Waals surface area contributed by atoms with Crippen LogP contribution in [0, 0.1) is 27.7 Å². The molecule has 8 heteroatoms. The van der Waals surface area contributed by atoms with Crippen molar-refractivity contribution in [3.05, 3.63) is 39.4 Å². The van der Waals surface area contributed by atoms with Crippen LogP contribution in [0.5, 0.6) is 0 Å². The maximum absolute atomic E-state index is 13.1. The number of nitro benzene ring substituents is 1. The largest absolute Gasteiger partial charge is 0.393 e. The number of hydrogen-bond acceptors (Lipinski definition) is 4. The summed E-state index contributed by atoms with van der Waals surface area (Å²) in [5.74, 6) is -3.44. The molecule has 0 unspecified atom stereocenters. The van der Waals surface area contributed by atoms with Crippen molar-refractivity contribution in [3.8, 4) is 0 Å². The van der Waals surface area contributed by atoms with Crippen molar-refractivity contribution in [2.45, 2.75) is 18.9 Å². The van der Waals surface area contributed by atoms with Gasteiger partial charge in [0, 0.05) is 6.54 Å². The zero-order valence-corrected chi connectivity index (χ0v) is 10.3. The molecule has 0 heterocycles. The highest BCUT2D eigenvalue weighted by molar-refractivity contribution is 5.98. The number of nitrogens with one attached hydrogen (secondary N) is 1. The summed E-state index contributed by atoms with van der Waals surface area (Å²) in [7, 11) is 0. The van der Waals surface area contributed by atoms with E-state index >= 15 is 0 Å². The quantitative estimate of drug-likeness (QED) is 0.646. The zero-order valence-electron chi connectivity index (χ0n) is 10.3. The standard InChI is InChI=1S/C12H12F2N2O4/c13-9-3-8(11(16(19)20)4-10(9)14)12(18)15-5-6-1-7(17)2-6/h3-4,6-7,17H,1-2,5H2,(H,15,18). The average Bonchev–Trinajstić information content (AvgIpc) is 2.35. The van der Waals surface area contributed by atoms with Crippen LogP contribution in [-0.2, 0) is 0 Å². The van der Waals surface area contributed by atoms with Crippen LogP contribution in [0.3, 0.4) is 0 Å². The molecular weight excluding hydrogens is 274 g/mol. The smallest absolute Gasteiger partial charge is 0.285 e. The van der Waals surface area contributed by atoms with Crippen molar-refractivity contribution < 1.29 is 23.6 Å². The Morgan fingerprint density at radius 1 is 1.40 bits per heavy atom. The summed E-state index contributed by atoms with van der Waals surface area (Å²) in [5.41, 5.74) is -1.30. The fourth-order valence-corrected chi connectivity index (χ4v) is 2.07. The predicted octanol–water partition coefficient (Wildman–Crippen LogP) is 1.37. The number of nitro groups is 1. The van der Waals surface area contributed by atoms with E-state index in [9.17, 15) is 23.7 Å². The summed E-state index contributed by atoms with van der Waals surface area (Å²) in [6.45, 7) is 0.228. The van der Waals surface area contributed by atoms with Crippen LogP contribution in [-0.4, -0.2) is 28.6 Å². The summed E-state index contributed by atoms with van der Waals surface area (Å²) >= 11 is 0. The van der Waals surface area contributed by atoms with E-state index in [4.69, 9.17) is 5.11 Å². The number of aliphatic hydroxyl groups excluding tert-OH is 1. The van der Waals surface area contributed by atoms with Crippen molar-refractivity contribution in [3.63, 3.8) is 0 Å². The first-order valence-corrected chi connectivity index (χ1v) is 5.98. The van der Waals surface area contributed by atoms with Crippen LogP contribution in [0.4, 0.5) is 14.5 Å². The van der Waals surface area contributed by atoms with Gasteiger partial charge in [0.05, 0.1) is 17.1 Å². The van der Waals surface area contributed by atoms with E-state index in [-0.39, 0.29) is 18.6 Å². The number of hydrogen-bond donors (Lipinski definition) is 2. The molecule has 1 aliphatic rings. The van der Waals surface area contributed by atoms with E-state index in [0.29, 0.717) is 25.0 Å². The number of carbonyl (C=O) groups excluding carboxylic acids is 1. The second-order valence-corrected chi connectivity index (χ2v) is 4.74. The molecule has 0 bridgehead atoms. The SMILES string of the molecule is O=C(NCC1CC(O)C1)c1cc(F)c(F)cc1[N+](=O)[O-]. The third-order valence-electron chi connectivity index (χ3n) is 3.24. The number of rotatable bonds is 4. The average molecular weight is 286 g/mol. The van der Waals surface area contributed by atoms with Gasteiger partial charge in [0.25, 0.3) is 11.6 Å². The second kappa shape index (κ2) is 5.49. The van der Waals surface area contributed by atoms with Crippen molar-refractivity contribution in [1.29, 1.82) is 0 Å². The van der Waals surface area contributed by atoms with E-state index in [1.807, 2.05) is 0 Å². The lowest BCUT2D eigenvalue weighted by Gasteiger charge is -2.31. The first-order chi connectivity index (χ1) is 9.38. The molecule has 2 rings (SSSR count). The topological polar surface area (TPSA) is 92.5 Å². The summed E-state index contributed by atoms with van der Waals surface area (Å²) in [5, 5.41) is 22.3. The van der Waals surface area contributed by atoms with E-state index in [1.165, 1.54) is 0 Å². The third kappa shape index (κ3) is 2.90. The van der Waals surface area contributed by atoms with Crippen molar-refractivity contribution >= 4 is 11.6 Å². The molecule has 0 aromatic heterocycles. The summed E-state index contributed by atoms with van der Waals surface area (Å²) in [6.07, 6.45) is 0.704. The molecule has 20 heavy (non-hydrogen) atoms. The van der Waals surface area contributed by atoms with Crippen molar-refractivity contribution in [2.24, 2.45) is 5.92 Å². The van der Waals surface area contributed by atoms with Crippen LogP contribution in [0.15, 0.2) is 12.1 Å². The Kier molecular flexibility index (Phi) is 3.93. The predicted molar refractivity (Wildman–Crippen MR) is 64.1 cm³/mol. The van der Waals surface area contributed by atoms with Gasteiger partial charge in [-0.2, -0.15) is 0 Å². The lowest BCUT2D eigenvalue weighted by atomic mass is 9.82. The molecule has 0 spiro atoms. The van der Waals surface area contributed by atoms with Gasteiger partial charge in [-0.3, -0.25) is 14.9 Å². The second-order valence-electron chi connectivity index (χ2n) is 4.74. The molecule has 0 radical (unpaired) electrons. The van der Waals surface area contributed by atoms with Gasteiger partial charge < -0.3 is 10.4 Å². The highest BCUT2D eigenvalue weighted by Gasteiger charge is 2.29. The first-order valence-electron chi connectivity index (χ1n) is 5.98. The highest BCUT2D eigenvalue weighted by atomic mass is 19.2. The van der Waals surface area contributed by atoms with Crippen LogP contribution in [0.25, 0.3) is 0 Å². The van der Waals surface area contributed by atoms with E-state index in [2.05, 4.69) is 5.32 Å². The minimum atomic E-state index is -1.38. The van der Waals surface area contributed by atoms with E-state index in [1.54, 1.807) is 0 Å². The molecule has 1 aromatic carbocycles. The number of benzene rings is 1. The number of aliphatic hydroxyl groups is 1. The molecule has 2 N–H and O–H groups in total. The molecule has 1 amide bonds. The molecule has 1 fully saturated rings. The van der Waals surface area contributed by atoms with Gasteiger partial charge in [-0.25, -0.2) is 8.78 Å². The molecule has 0 atom stereocenters. The number of halogens is 2. The van der Waals surface area contributed by atoms with E-state index in [0.717, 1.165) is 0 Å². The van der Waals surface area contributed by atoms with Gasteiger partial charge in [-0.15, -0.1) is 0 Å². The molecule has 1 saturated carbocycles. The van der Waals surface area contributed by atoms with Crippen LogP contribution in [0.2, 0.25) is 0 Å². The van der Waals surface area contributed by atoms with Crippen LogP contribution >= 0.6 is 0 Å². The number of amides is 1. The van der Waals surface area contributed by atoms with Gasteiger partial charge in [0.1, 0.15) is 5.56 Å². The molecule has 0 aliphatic heterocycles. The molecule has 108 valence electrons. The van der Waals surface area contributed by atoms with Crippen LogP contribution < -0.4 is 5.32 Å². The first kappa shape index (κ1) is 14.3. The number of carbonyl (C=O) groups is 1. The summed E-state index contributed by atoms with van der Waals surface area (Å²) in [4.78, 5) is 21.6. The van der Waals surface area contributed by atoms with Gasteiger partial charge in [-0.1, -0.05) is 0 Å². The fourth-order valence-electron chi connectivity index (χ4n) is 2.07. The summed E-state index contributed by atoms with van der Waals surface area (Å²) in [6, 6.07) is 0.899. The molecule has 1 aromatic rings. The minimum Gasteiger partial charge on any atom is -0.393 e. The normalized spacial score (nSPS) is 21.1. The van der Waals surface area contributed by atoms with Crippen molar-refractivity contribution in [2.75, 3.05) is 6.54 Å². The zero-order chi connectivity index (χ0) is 14.9. The van der Waals surface area contributed by atoms with Gasteiger partial charge in [0.2, 0.25) is 0 Å². The van der Waals surface area contributed by atoms with Gasteiger partial charge in [-0.05, 0) is 24.8 Å². The van der Waals surface area contributed by atoms with E-state index < -0.39 is 33.7 Å². The number of nitrogens with zero attached hydrogens (tertiary/aromatic N) is 1. The Hall–Kier alpha value is -2.09. The maximum atomic E-state index is 13.1. The maximum Gasteiger partial charge on any atom is 0.285 e. The van der Waals surface area contributed by atoms with Gasteiger partial charge in [0.15, 0.2) is 11.6 Å². The molecule has 1 aliphatic carbocycles. The Balaban J connectivity index is 2.12. The highest BCUT2D eigenvalue weighted by Crippen LogP contribution is 2.27. The lowest BCUT2D eigenvalue weighted by molar-refractivity contribution is -0.385. The Morgan fingerprint density at radius 2 is 2.00 bits per heavy atom. The minimum absolute atomic E-state index is 0.0956. The van der Waals surface area contributed by atoms with Crippen molar-refractivity contribution in [1.82, 2.24) is 5.32 Å².